The van der Waals surface area contributed by atoms with E-state index in [1.165, 1.54) is 11.3 Å². The number of halogens is 1. The van der Waals surface area contributed by atoms with Gasteiger partial charge in [0.25, 0.3) is 5.91 Å². The van der Waals surface area contributed by atoms with E-state index in [9.17, 15) is 4.79 Å². The van der Waals surface area contributed by atoms with Crippen LogP contribution in [0.15, 0.2) is 55.1 Å². The van der Waals surface area contributed by atoms with Crippen LogP contribution in [0.3, 0.4) is 0 Å². The van der Waals surface area contributed by atoms with Gasteiger partial charge in [0.05, 0.1) is 26.0 Å². The molecule has 2 heterocycles. The van der Waals surface area contributed by atoms with E-state index in [1.807, 2.05) is 42.5 Å². The van der Waals surface area contributed by atoms with Gasteiger partial charge >= 0.3 is 0 Å². The Morgan fingerprint density at radius 1 is 1.32 bits per heavy atom. The number of rotatable bonds is 4. The number of pyridine rings is 1. The summed E-state index contributed by atoms with van der Waals surface area (Å²) in [6, 6.07) is 13.2. The minimum atomic E-state index is -0.137. The molecule has 0 fully saturated rings. The van der Waals surface area contributed by atoms with Crippen molar-refractivity contribution in [3.8, 4) is 10.6 Å². The topological polar surface area (TPSA) is 42.0 Å². The van der Waals surface area contributed by atoms with Crippen LogP contribution in [-0.2, 0) is 0 Å². The maximum Gasteiger partial charge on any atom is 0.252 e. The van der Waals surface area contributed by atoms with Crippen molar-refractivity contribution in [2.45, 2.75) is 0 Å². The van der Waals surface area contributed by atoms with Crippen molar-refractivity contribution in [3.63, 3.8) is 0 Å². The average molecular weight is 329 g/mol. The smallest absolute Gasteiger partial charge is 0.252 e. The lowest BCUT2D eigenvalue weighted by Crippen LogP contribution is -2.23. The first-order valence-electron chi connectivity index (χ1n) is 6.73. The highest BCUT2D eigenvalue weighted by molar-refractivity contribution is 7.19. The summed E-state index contributed by atoms with van der Waals surface area (Å²) in [5.74, 6) is -0.137. The first kappa shape index (κ1) is 14.8. The third kappa shape index (κ3) is 2.89. The van der Waals surface area contributed by atoms with E-state index in [0.29, 0.717) is 16.4 Å². The predicted octanol–water partition coefficient (Wildman–Crippen LogP) is 4.53. The number of nitrogens with zero attached hydrogens (tertiary/aromatic N) is 1. The average Bonchev–Trinajstić information content (AvgIpc) is 2.98. The summed E-state index contributed by atoms with van der Waals surface area (Å²) in [4.78, 5) is 18.0. The number of thiophene rings is 1. The van der Waals surface area contributed by atoms with E-state index in [4.69, 9.17) is 11.6 Å². The highest BCUT2D eigenvalue weighted by atomic mass is 35.5. The Kier molecular flexibility index (Phi) is 4.22. The quantitative estimate of drug-likeness (QED) is 0.715. The molecule has 3 rings (SSSR count). The number of para-hydroxylation sites is 1. The number of fused-ring (bicyclic) bond motifs is 1. The lowest BCUT2D eigenvalue weighted by atomic mass is 10.1. The number of nitrogens with one attached hydrogen (secondary N) is 1. The number of hydrogen-bond acceptors (Lipinski definition) is 3. The lowest BCUT2D eigenvalue weighted by Gasteiger charge is -2.08. The van der Waals surface area contributed by atoms with Crippen LogP contribution in [0.5, 0.6) is 0 Å². The molecule has 0 unspecified atom stereocenters. The highest BCUT2D eigenvalue weighted by Crippen LogP contribution is 2.32. The van der Waals surface area contributed by atoms with E-state index in [2.05, 4.69) is 16.9 Å². The molecule has 3 nitrogen and oxygen atoms in total. The van der Waals surface area contributed by atoms with Crippen LogP contribution < -0.4 is 5.32 Å². The monoisotopic (exact) mass is 328 g/mol. The molecular weight excluding hydrogens is 316 g/mol. The van der Waals surface area contributed by atoms with Gasteiger partial charge < -0.3 is 5.32 Å². The van der Waals surface area contributed by atoms with Crippen molar-refractivity contribution in [2.24, 2.45) is 0 Å². The molecule has 0 aliphatic heterocycles. The van der Waals surface area contributed by atoms with Gasteiger partial charge in [-0.25, -0.2) is 4.98 Å². The summed E-state index contributed by atoms with van der Waals surface area (Å²) < 4.78 is 0.697. The van der Waals surface area contributed by atoms with Crippen molar-refractivity contribution in [1.29, 1.82) is 0 Å². The summed E-state index contributed by atoms with van der Waals surface area (Å²) >= 11 is 7.44. The molecule has 1 aromatic carbocycles. The molecule has 0 aliphatic carbocycles. The number of carbonyl (C=O) groups excluding carboxylic acids is 1. The van der Waals surface area contributed by atoms with Crippen molar-refractivity contribution < 1.29 is 4.79 Å². The molecular formula is C17H13ClN2OS. The molecule has 0 saturated carbocycles. The molecule has 0 radical (unpaired) electrons. The van der Waals surface area contributed by atoms with E-state index >= 15 is 0 Å². The third-order valence-corrected chi connectivity index (χ3v) is 4.45. The van der Waals surface area contributed by atoms with Crippen molar-refractivity contribution in [2.75, 3.05) is 6.54 Å². The number of benzene rings is 1. The van der Waals surface area contributed by atoms with E-state index in [0.717, 1.165) is 21.5 Å². The zero-order valence-electron chi connectivity index (χ0n) is 11.7. The first-order valence-corrected chi connectivity index (χ1v) is 7.93. The first-order chi connectivity index (χ1) is 10.7. The van der Waals surface area contributed by atoms with Gasteiger partial charge in [0.1, 0.15) is 0 Å². The molecule has 0 saturated heterocycles. The fourth-order valence-electron chi connectivity index (χ4n) is 2.20. The van der Waals surface area contributed by atoms with E-state index in [1.54, 1.807) is 6.08 Å². The van der Waals surface area contributed by atoms with Crippen molar-refractivity contribution in [3.05, 3.63) is 65.0 Å². The second-order valence-electron chi connectivity index (χ2n) is 4.67. The molecule has 22 heavy (non-hydrogen) atoms. The Hall–Kier alpha value is -2.17. The van der Waals surface area contributed by atoms with Gasteiger partial charge in [0.2, 0.25) is 0 Å². The minimum absolute atomic E-state index is 0.137. The number of amides is 1. The number of hydrogen-bond donors (Lipinski definition) is 1. The zero-order chi connectivity index (χ0) is 15.5. The minimum Gasteiger partial charge on any atom is -0.349 e. The van der Waals surface area contributed by atoms with Crippen LogP contribution >= 0.6 is 22.9 Å². The summed E-state index contributed by atoms with van der Waals surface area (Å²) in [5.41, 5.74) is 2.14. The summed E-state index contributed by atoms with van der Waals surface area (Å²) in [7, 11) is 0. The maximum atomic E-state index is 12.4. The van der Waals surface area contributed by atoms with Gasteiger partial charge in [-0.05, 0) is 24.3 Å². The van der Waals surface area contributed by atoms with E-state index < -0.39 is 0 Å². The van der Waals surface area contributed by atoms with Gasteiger partial charge in [-0.3, -0.25) is 4.79 Å². The molecule has 0 spiro atoms. The molecule has 0 aliphatic rings. The summed E-state index contributed by atoms with van der Waals surface area (Å²) in [6.07, 6.45) is 1.65. The molecule has 1 N–H and O–H groups in total. The summed E-state index contributed by atoms with van der Waals surface area (Å²) in [5, 5.41) is 3.65. The predicted molar refractivity (Wildman–Crippen MR) is 92.6 cm³/mol. The SMILES string of the molecule is C=CCNC(=O)c1cc(-c2ccc(Cl)s2)nc2ccccc12. The Morgan fingerprint density at radius 2 is 2.14 bits per heavy atom. The molecule has 0 atom stereocenters. The second-order valence-corrected chi connectivity index (χ2v) is 6.39. The van der Waals surface area contributed by atoms with Crippen LogP contribution in [0.25, 0.3) is 21.5 Å². The van der Waals surface area contributed by atoms with Gasteiger partial charge in [-0.15, -0.1) is 17.9 Å². The third-order valence-electron chi connectivity index (χ3n) is 3.19. The molecule has 1 amide bonds. The van der Waals surface area contributed by atoms with Gasteiger partial charge in [0, 0.05) is 11.9 Å². The normalized spacial score (nSPS) is 10.6. The number of aromatic nitrogens is 1. The molecule has 5 heteroatoms. The number of carbonyl (C=O) groups is 1. The largest absolute Gasteiger partial charge is 0.349 e. The van der Waals surface area contributed by atoms with Crippen molar-refractivity contribution >= 4 is 39.7 Å². The van der Waals surface area contributed by atoms with Crippen LogP contribution in [0, 0.1) is 0 Å². The Morgan fingerprint density at radius 3 is 2.86 bits per heavy atom. The van der Waals surface area contributed by atoms with Crippen LogP contribution in [0.1, 0.15) is 10.4 Å². The molecule has 2 aromatic heterocycles. The second kappa shape index (κ2) is 6.30. The molecule has 0 bridgehead atoms. The van der Waals surface area contributed by atoms with Crippen LogP contribution in [0.2, 0.25) is 4.34 Å². The zero-order valence-corrected chi connectivity index (χ0v) is 13.2. The molecule has 3 aromatic rings. The Balaban J connectivity index is 2.16. The standard InChI is InChI=1S/C17H13ClN2OS/c1-2-9-19-17(21)12-10-14(15-7-8-16(18)22-15)20-13-6-4-3-5-11(12)13/h2-8,10H,1,9H2,(H,19,21). The van der Waals surface area contributed by atoms with Gasteiger partial charge in [0.15, 0.2) is 0 Å². The Labute approximate surface area is 137 Å². The molecule has 110 valence electrons. The fraction of sp³-hybridized carbons (Fsp3) is 0.0588. The fourth-order valence-corrected chi connectivity index (χ4v) is 3.21. The van der Waals surface area contributed by atoms with Crippen molar-refractivity contribution in [1.82, 2.24) is 10.3 Å². The van der Waals surface area contributed by atoms with Crippen LogP contribution in [-0.4, -0.2) is 17.4 Å². The summed E-state index contributed by atoms with van der Waals surface area (Å²) in [6.45, 7) is 4.04. The Bertz CT molecular complexity index is 857. The van der Waals surface area contributed by atoms with E-state index in [-0.39, 0.29) is 5.91 Å². The lowest BCUT2D eigenvalue weighted by molar-refractivity contribution is 0.0959. The van der Waals surface area contributed by atoms with Gasteiger partial charge in [-0.1, -0.05) is 35.9 Å². The highest BCUT2D eigenvalue weighted by Gasteiger charge is 2.14. The maximum absolute atomic E-state index is 12.4. The van der Waals surface area contributed by atoms with Crippen LogP contribution in [0.4, 0.5) is 0 Å². The van der Waals surface area contributed by atoms with Gasteiger partial charge in [-0.2, -0.15) is 0 Å².